The van der Waals surface area contributed by atoms with Crippen molar-refractivity contribution in [1.29, 1.82) is 0 Å². The fourth-order valence-electron chi connectivity index (χ4n) is 3.24. The molecule has 0 aliphatic carbocycles. The van der Waals surface area contributed by atoms with Gasteiger partial charge in [0.25, 0.3) is 11.8 Å². The summed E-state index contributed by atoms with van der Waals surface area (Å²) in [4.78, 5) is 28.3. The number of hydrogen-bond acceptors (Lipinski definition) is 3. The number of carbonyl (C=O) groups excluding carboxylic acids is 2. The van der Waals surface area contributed by atoms with Gasteiger partial charge in [-0.3, -0.25) is 9.59 Å². The van der Waals surface area contributed by atoms with Crippen molar-refractivity contribution in [2.24, 2.45) is 10.9 Å². The number of dihydropyridines is 1. The van der Waals surface area contributed by atoms with E-state index in [0.717, 1.165) is 23.3 Å². The molecule has 2 amide bonds. The molecule has 2 aliphatic heterocycles. The molecule has 0 saturated heterocycles. The van der Waals surface area contributed by atoms with E-state index in [2.05, 4.69) is 10.3 Å². The maximum Gasteiger partial charge on any atom is 0.287 e. The molecule has 0 aromatic heterocycles. The number of allylic oxidation sites excluding steroid dienone is 1. The summed E-state index contributed by atoms with van der Waals surface area (Å²) in [6, 6.07) is 14.0. The number of aliphatic imine (C=N–C) groups is 1. The summed E-state index contributed by atoms with van der Waals surface area (Å²) in [6.07, 6.45) is 2.19. The quantitative estimate of drug-likeness (QED) is 0.821. The predicted molar refractivity (Wildman–Crippen MR) is 98.6 cm³/mol. The number of rotatable bonds is 3. The monoisotopic (exact) mass is 382 g/mol. The van der Waals surface area contributed by atoms with Crippen LogP contribution in [-0.4, -0.2) is 23.4 Å². The first-order chi connectivity index (χ1) is 13.3. The fourth-order valence-corrected chi connectivity index (χ4v) is 3.24. The molecular weight excluding hydrogens is 366 g/mol. The number of benzene rings is 2. The van der Waals surface area contributed by atoms with Gasteiger partial charge >= 0.3 is 0 Å². The van der Waals surface area contributed by atoms with Gasteiger partial charge in [-0.25, -0.2) is 4.99 Å². The minimum atomic E-state index is -3.24. The molecule has 2 heterocycles. The van der Waals surface area contributed by atoms with Crippen molar-refractivity contribution in [3.8, 4) is 11.5 Å². The number of halogens is 2. The number of nitrogens with one attached hydrogen (secondary N) is 1. The van der Waals surface area contributed by atoms with Gasteiger partial charge in [-0.15, -0.1) is 0 Å². The molecular formula is C21H16F2N2O3. The van der Waals surface area contributed by atoms with Gasteiger partial charge in [0.05, 0.1) is 6.04 Å². The van der Waals surface area contributed by atoms with Crippen LogP contribution in [0.5, 0.6) is 11.5 Å². The van der Waals surface area contributed by atoms with Crippen molar-refractivity contribution in [3.05, 3.63) is 71.8 Å². The molecule has 0 spiro atoms. The molecule has 1 N–H and O–H groups in total. The lowest BCUT2D eigenvalue weighted by molar-refractivity contribution is -0.131. The highest BCUT2D eigenvalue weighted by Crippen LogP contribution is 2.42. The highest BCUT2D eigenvalue weighted by atomic mass is 19.3. The topological polar surface area (TPSA) is 67.8 Å². The molecule has 1 atom stereocenters. The SMILES string of the molecule is CC(F)(F)C1=NC(=O)C(C(=O)NC2c3ccccc3Oc3ccccc32)C=C1. The van der Waals surface area contributed by atoms with E-state index in [1.54, 1.807) is 12.1 Å². The molecule has 2 aromatic rings. The Bertz CT molecular complexity index is 979. The zero-order valence-corrected chi connectivity index (χ0v) is 14.9. The number of amides is 2. The Hall–Kier alpha value is -3.35. The van der Waals surface area contributed by atoms with Crippen molar-refractivity contribution in [1.82, 2.24) is 5.32 Å². The van der Waals surface area contributed by atoms with E-state index in [9.17, 15) is 18.4 Å². The van der Waals surface area contributed by atoms with E-state index < -0.39 is 35.4 Å². The first kappa shape index (κ1) is 18.0. The Morgan fingerprint density at radius 1 is 1.07 bits per heavy atom. The second kappa shape index (κ2) is 6.67. The molecule has 28 heavy (non-hydrogen) atoms. The number of carbonyl (C=O) groups is 2. The van der Waals surface area contributed by atoms with Gasteiger partial charge in [0.2, 0.25) is 5.91 Å². The van der Waals surface area contributed by atoms with E-state index in [4.69, 9.17) is 4.74 Å². The van der Waals surface area contributed by atoms with E-state index in [-0.39, 0.29) is 0 Å². The number of fused-ring (bicyclic) bond motifs is 2. The van der Waals surface area contributed by atoms with Gasteiger partial charge < -0.3 is 10.1 Å². The van der Waals surface area contributed by atoms with Gasteiger partial charge in [0.1, 0.15) is 23.1 Å². The summed E-state index contributed by atoms with van der Waals surface area (Å²) < 4.78 is 32.6. The fraction of sp³-hybridized carbons (Fsp3) is 0.190. The average Bonchev–Trinajstić information content (AvgIpc) is 2.67. The molecule has 1 unspecified atom stereocenters. The maximum atomic E-state index is 13.4. The van der Waals surface area contributed by atoms with Crippen LogP contribution in [0.3, 0.4) is 0 Å². The summed E-state index contributed by atoms with van der Waals surface area (Å²) in [5.41, 5.74) is 0.834. The third-order valence-corrected chi connectivity index (χ3v) is 4.64. The van der Waals surface area contributed by atoms with E-state index in [0.29, 0.717) is 18.4 Å². The second-order valence-electron chi connectivity index (χ2n) is 6.68. The smallest absolute Gasteiger partial charge is 0.287 e. The maximum absolute atomic E-state index is 13.4. The van der Waals surface area contributed by atoms with Crippen LogP contribution in [0, 0.1) is 5.92 Å². The molecule has 2 aromatic carbocycles. The Balaban J connectivity index is 1.62. The Kier molecular flexibility index (Phi) is 4.30. The van der Waals surface area contributed by atoms with Gasteiger partial charge in [-0.2, -0.15) is 8.78 Å². The summed E-state index contributed by atoms with van der Waals surface area (Å²) in [6.45, 7) is 0.653. The third kappa shape index (κ3) is 3.19. The molecule has 2 aliphatic rings. The number of para-hydroxylation sites is 2. The zero-order valence-electron chi connectivity index (χ0n) is 14.9. The van der Waals surface area contributed by atoms with Crippen LogP contribution in [0.2, 0.25) is 0 Å². The van der Waals surface area contributed by atoms with Crippen LogP contribution >= 0.6 is 0 Å². The van der Waals surface area contributed by atoms with Crippen molar-refractivity contribution < 1.29 is 23.1 Å². The average molecular weight is 382 g/mol. The van der Waals surface area contributed by atoms with Crippen molar-refractivity contribution >= 4 is 17.5 Å². The minimum Gasteiger partial charge on any atom is -0.457 e. The summed E-state index contributed by atoms with van der Waals surface area (Å²) in [5, 5.41) is 2.84. The molecule has 0 radical (unpaired) electrons. The van der Waals surface area contributed by atoms with Gasteiger partial charge in [-0.05, 0) is 18.2 Å². The minimum absolute atomic E-state index is 0.534. The number of hydrogen-bond donors (Lipinski definition) is 1. The Morgan fingerprint density at radius 2 is 1.64 bits per heavy atom. The summed E-state index contributed by atoms with van der Waals surface area (Å²) in [5.74, 6) is -4.82. The van der Waals surface area contributed by atoms with Crippen LogP contribution in [0.1, 0.15) is 24.1 Å². The van der Waals surface area contributed by atoms with Crippen LogP contribution in [0.25, 0.3) is 0 Å². The van der Waals surface area contributed by atoms with Crippen LogP contribution in [-0.2, 0) is 9.59 Å². The van der Waals surface area contributed by atoms with E-state index in [1.807, 2.05) is 36.4 Å². The van der Waals surface area contributed by atoms with Crippen molar-refractivity contribution in [3.63, 3.8) is 0 Å². The van der Waals surface area contributed by atoms with Gasteiger partial charge in [-0.1, -0.05) is 42.5 Å². The highest BCUT2D eigenvalue weighted by Gasteiger charge is 2.36. The Morgan fingerprint density at radius 3 is 2.18 bits per heavy atom. The normalized spacial score (nSPS) is 18.6. The van der Waals surface area contributed by atoms with Gasteiger partial charge in [0.15, 0.2) is 0 Å². The van der Waals surface area contributed by atoms with Crippen LogP contribution < -0.4 is 10.1 Å². The van der Waals surface area contributed by atoms with Gasteiger partial charge in [0, 0.05) is 18.1 Å². The van der Waals surface area contributed by atoms with Crippen LogP contribution in [0.15, 0.2) is 65.7 Å². The molecule has 5 nitrogen and oxygen atoms in total. The standard InChI is InChI=1S/C21H16F2N2O3/c1-21(22,23)17-11-10-14(19(26)24-17)20(27)25-18-12-6-2-4-8-15(12)28-16-9-5-3-7-13(16)18/h2-11,14,18H,1H3,(H,25,27). The second-order valence-corrected chi connectivity index (χ2v) is 6.68. The number of ether oxygens (including phenoxy) is 1. The number of nitrogens with zero attached hydrogens (tertiary/aromatic N) is 1. The predicted octanol–water partition coefficient (Wildman–Crippen LogP) is 3.81. The lowest BCUT2D eigenvalue weighted by atomic mass is 9.93. The summed E-state index contributed by atoms with van der Waals surface area (Å²) >= 11 is 0. The van der Waals surface area contributed by atoms with E-state index in [1.165, 1.54) is 0 Å². The highest BCUT2D eigenvalue weighted by molar-refractivity contribution is 6.15. The Labute approximate surface area is 159 Å². The zero-order chi connectivity index (χ0) is 19.9. The largest absolute Gasteiger partial charge is 0.457 e. The lowest BCUT2D eigenvalue weighted by Crippen LogP contribution is -2.40. The first-order valence-corrected chi connectivity index (χ1v) is 8.70. The van der Waals surface area contributed by atoms with Crippen LogP contribution in [0.4, 0.5) is 8.78 Å². The molecule has 0 bridgehead atoms. The molecule has 0 saturated carbocycles. The summed E-state index contributed by atoms with van der Waals surface area (Å²) in [7, 11) is 0. The van der Waals surface area contributed by atoms with Crippen molar-refractivity contribution in [2.75, 3.05) is 0 Å². The molecule has 0 fully saturated rings. The molecule has 7 heteroatoms. The lowest BCUT2D eigenvalue weighted by Gasteiger charge is -2.29. The molecule has 142 valence electrons. The molecule has 4 rings (SSSR count). The van der Waals surface area contributed by atoms with E-state index >= 15 is 0 Å². The number of alkyl halides is 2. The third-order valence-electron chi connectivity index (χ3n) is 4.64. The van der Waals surface area contributed by atoms with Crippen molar-refractivity contribution in [2.45, 2.75) is 18.9 Å². The first-order valence-electron chi connectivity index (χ1n) is 8.70.